The Bertz CT molecular complexity index is 1650. The Balaban J connectivity index is 1.62. The number of imidazole rings is 1. The largest absolute Gasteiger partial charge is 0.573 e. The van der Waals surface area contributed by atoms with E-state index in [0.717, 1.165) is 24.4 Å². The number of halogens is 6. The lowest BCUT2D eigenvalue weighted by atomic mass is 10.0. The molecular weight excluding hydrogens is 540 g/mol. The van der Waals surface area contributed by atoms with Gasteiger partial charge in [-0.2, -0.15) is 13.2 Å². The fourth-order valence-corrected chi connectivity index (χ4v) is 3.53. The second-order valence-corrected chi connectivity index (χ2v) is 8.58. The highest BCUT2D eigenvalue weighted by atomic mass is 19.4. The van der Waals surface area contributed by atoms with E-state index in [9.17, 15) is 31.1 Å². The number of anilines is 2. The minimum atomic E-state index is -4.97. The highest BCUT2D eigenvalue weighted by Gasteiger charge is 2.33. The summed E-state index contributed by atoms with van der Waals surface area (Å²) in [6.45, 7) is 3.38. The third-order valence-electron chi connectivity index (χ3n) is 5.46. The zero-order valence-corrected chi connectivity index (χ0v) is 20.8. The van der Waals surface area contributed by atoms with Crippen LogP contribution in [0.2, 0.25) is 0 Å². The van der Waals surface area contributed by atoms with Crippen molar-refractivity contribution in [3.8, 4) is 23.3 Å². The molecule has 0 saturated carbocycles. The number of aryl methyl sites for hydroxylation is 2. The van der Waals surface area contributed by atoms with Crippen LogP contribution in [0.5, 0.6) is 5.75 Å². The lowest BCUT2D eigenvalue weighted by Gasteiger charge is -2.14. The third-order valence-corrected chi connectivity index (χ3v) is 5.46. The monoisotopic (exact) mass is 559 g/mol. The molecule has 0 aliphatic rings. The summed E-state index contributed by atoms with van der Waals surface area (Å²) < 4.78 is 83.6. The predicted octanol–water partition coefficient (Wildman–Crippen LogP) is 6.04. The zero-order valence-electron chi connectivity index (χ0n) is 20.8. The Kier molecular flexibility index (Phi) is 7.46. The second kappa shape index (κ2) is 10.6. The SMILES string of the molecule is Cc1cn(-c2cc(NC(=O)c3ccc(C)c(C#Cc4cnc(N)c(OC(F)(F)F)c4)c3)cc(C(F)(F)F)c2)cn1. The molecule has 13 heteroatoms. The van der Waals surface area contributed by atoms with Crippen LogP contribution in [-0.2, 0) is 6.18 Å². The number of amides is 1. The van der Waals surface area contributed by atoms with Gasteiger partial charge in [0.25, 0.3) is 5.91 Å². The van der Waals surface area contributed by atoms with E-state index in [1.54, 1.807) is 26.1 Å². The second-order valence-electron chi connectivity index (χ2n) is 8.58. The number of carbonyl (C=O) groups excluding carboxylic acids is 1. The van der Waals surface area contributed by atoms with Crippen LogP contribution in [-0.4, -0.2) is 26.8 Å². The Hall–Kier alpha value is -4.99. The maximum absolute atomic E-state index is 13.6. The van der Waals surface area contributed by atoms with E-state index in [4.69, 9.17) is 5.73 Å². The zero-order chi connectivity index (χ0) is 29.2. The van der Waals surface area contributed by atoms with E-state index in [-0.39, 0.29) is 22.5 Å². The fraction of sp³-hybridized carbons (Fsp3) is 0.148. The van der Waals surface area contributed by atoms with Gasteiger partial charge in [-0.15, -0.1) is 13.2 Å². The highest BCUT2D eigenvalue weighted by Crippen LogP contribution is 2.33. The van der Waals surface area contributed by atoms with Gasteiger partial charge in [0.05, 0.1) is 17.6 Å². The molecular formula is C27H19F6N5O2. The van der Waals surface area contributed by atoms with Gasteiger partial charge >= 0.3 is 12.5 Å². The van der Waals surface area contributed by atoms with E-state index in [1.165, 1.54) is 29.1 Å². The third kappa shape index (κ3) is 6.90. The topological polar surface area (TPSA) is 95.1 Å². The average molecular weight is 559 g/mol. The molecule has 2 aromatic carbocycles. The molecule has 0 unspecified atom stereocenters. The standard InChI is InChI=1S/C27H19F6N5O2/c1-15-3-5-19(8-18(15)6-4-17-7-23(24(34)35-12-17)40-27(31,32)33)25(39)37-21-9-20(26(28,29)30)10-22(11-21)38-13-16(2)36-14-38/h3,5,7-14H,1-2H3,(H2,34,35)(H,37,39). The lowest BCUT2D eigenvalue weighted by molar-refractivity contribution is -0.274. The summed E-state index contributed by atoms with van der Waals surface area (Å²) in [7, 11) is 0. The van der Waals surface area contributed by atoms with Crippen molar-refractivity contribution < 1.29 is 35.9 Å². The van der Waals surface area contributed by atoms with Crippen LogP contribution in [0.4, 0.5) is 37.8 Å². The summed E-state index contributed by atoms with van der Waals surface area (Å²) in [6.07, 6.45) is -5.58. The number of rotatable bonds is 4. The maximum atomic E-state index is 13.6. The number of benzene rings is 2. The summed E-state index contributed by atoms with van der Waals surface area (Å²) in [6, 6.07) is 8.54. The molecule has 0 bridgehead atoms. The van der Waals surface area contributed by atoms with Crippen molar-refractivity contribution in [1.29, 1.82) is 0 Å². The van der Waals surface area contributed by atoms with E-state index in [1.807, 2.05) is 0 Å². The average Bonchev–Trinajstić information content (AvgIpc) is 3.30. The van der Waals surface area contributed by atoms with Crippen molar-refractivity contribution in [3.63, 3.8) is 0 Å². The molecule has 4 rings (SSSR count). The van der Waals surface area contributed by atoms with Crippen LogP contribution < -0.4 is 15.8 Å². The number of nitrogens with two attached hydrogens (primary N) is 1. The molecule has 0 radical (unpaired) electrons. The minimum Gasteiger partial charge on any atom is -0.402 e. The summed E-state index contributed by atoms with van der Waals surface area (Å²) in [5, 5.41) is 2.48. The summed E-state index contributed by atoms with van der Waals surface area (Å²) >= 11 is 0. The van der Waals surface area contributed by atoms with Gasteiger partial charge < -0.3 is 20.4 Å². The molecule has 7 nitrogen and oxygen atoms in total. The van der Waals surface area contributed by atoms with Crippen molar-refractivity contribution in [2.24, 2.45) is 0 Å². The van der Waals surface area contributed by atoms with Gasteiger partial charge in [0.15, 0.2) is 11.6 Å². The van der Waals surface area contributed by atoms with Gasteiger partial charge in [0.2, 0.25) is 0 Å². The Morgan fingerprint density at radius 3 is 2.40 bits per heavy atom. The number of nitrogens with zero attached hydrogens (tertiary/aromatic N) is 3. The van der Waals surface area contributed by atoms with Crippen LogP contribution in [0.3, 0.4) is 0 Å². The van der Waals surface area contributed by atoms with Gasteiger partial charge in [0, 0.05) is 46.5 Å². The molecule has 0 atom stereocenters. The van der Waals surface area contributed by atoms with Crippen molar-refractivity contribution in [2.75, 3.05) is 11.1 Å². The number of carbonyl (C=O) groups is 1. The van der Waals surface area contributed by atoms with Crippen LogP contribution in [0, 0.1) is 25.7 Å². The fourth-order valence-electron chi connectivity index (χ4n) is 3.53. The van der Waals surface area contributed by atoms with Gasteiger partial charge in [-0.25, -0.2) is 9.97 Å². The molecule has 1 amide bonds. The molecule has 0 fully saturated rings. The van der Waals surface area contributed by atoms with Crippen LogP contribution >= 0.6 is 0 Å². The number of hydrogen-bond donors (Lipinski definition) is 2. The molecule has 4 aromatic rings. The van der Waals surface area contributed by atoms with Crippen LogP contribution in [0.1, 0.15) is 38.3 Å². The molecule has 0 spiro atoms. The van der Waals surface area contributed by atoms with Gasteiger partial charge in [0.1, 0.15) is 0 Å². The first kappa shape index (κ1) is 28.0. The number of nitrogens with one attached hydrogen (secondary N) is 1. The van der Waals surface area contributed by atoms with Crippen molar-refractivity contribution in [3.05, 3.63) is 94.7 Å². The van der Waals surface area contributed by atoms with Crippen molar-refractivity contribution in [2.45, 2.75) is 26.4 Å². The molecule has 0 aliphatic carbocycles. The van der Waals surface area contributed by atoms with Gasteiger partial charge in [-0.3, -0.25) is 4.79 Å². The molecule has 2 heterocycles. The first-order valence-electron chi connectivity index (χ1n) is 11.4. The maximum Gasteiger partial charge on any atom is 0.573 e. The lowest BCUT2D eigenvalue weighted by Crippen LogP contribution is -2.18. The highest BCUT2D eigenvalue weighted by molar-refractivity contribution is 6.04. The van der Waals surface area contributed by atoms with Gasteiger partial charge in [-0.05, 0) is 49.7 Å². The molecule has 0 aliphatic heterocycles. The van der Waals surface area contributed by atoms with Crippen molar-refractivity contribution >= 4 is 17.4 Å². The minimum absolute atomic E-state index is 0.0638. The summed E-state index contributed by atoms with van der Waals surface area (Å²) in [5.41, 5.74) is 6.24. The van der Waals surface area contributed by atoms with E-state index < -0.39 is 35.6 Å². The number of pyridine rings is 1. The first-order chi connectivity index (χ1) is 18.7. The number of hydrogen-bond acceptors (Lipinski definition) is 5. The predicted molar refractivity (Wildman–Crippen MR) is 134 cm³/mol. The van der Waals surface area contributed by atoms with Gasteiger partial charge in [-0.1, -0.05) is 17.9 Å². The molecule has 40 heavy (non-hydrogen) atoms. The molecule has 2 aromatic heterocycles. The van der Waals surface area contributed by atoms with E-state index >= 15 is 0 Å². The molecule has 3 N–H and O–H groups in total. The number of alkyl halides is 6. The molecule has 206 valence electrons. The first-order valence-corrected chi connectivity index (χ1v) is 11.4. The smallest absolute Gasteiger partial charge is 0.402 e. The number of ether oxygens (including phenoxy) is 1. The Morgan fingerprint density at radius 2 is 1.75 bits per heavy atom. The molecule has 0 saturated heterocycles. The number of nitrogen functional groups attached to an aromatic ring is 1. The van der Waals surface area contributed by atoms with E-state index in [0.29, 0.717) is 16.8 Å². The number of aromatic nitrogens is 3. The van der Waals surface area contributed by atoms with Crippen LogP contribution in [0.25, 0.3) is 5.69 Å². The summed E-state index contributed by atoms with van der Waals surface area (Å²) in [5.74, 6) is 3.51. The Labute approximate surface area is 223 Å². The Morgan fingerprint density at radius 1 is 1.00 bits per heavy atom. The quantitative estimate of drug-likeness (QED) is 0.235. The van der Waals surface area contributed by atoms with Crippen molar-refractivity contribution in [1.82, 2.24) is 14.5 Å². The normalized spacial score (nSPS) is 11.5. The van der Waals surface area contributed by atoms with E-state index in [2.05, 4.69) is 31.9 Å². The summed E-state index contributed by atoms with van der Waals surface area (Å²) in [4.78, 5) is 20.6. The van der Waals surface area contributed by atoms with Crippen LogP contribution in [0.15, 0.2) is 61.2 Å².